The fraction of sp³-hybridized carbons (Fsp3) is 0.200. The van der Waals surface area contributed by atoms with Crippen molar-refractivity contribution in [3.8, 4) is 0 Å². The molecule has 0 bridgehead atoms. The number of aromatic nitrogens is 2. The molecule has 1 amide bonds. The summed E-state index contributed by atoms with van der Waals surface area (Å²) in [4.78, 5) is 30.1. The van der Waals surface area contributed by atoms with Crippen molar-refractivity contribution < 1.29 is 9.72 Å². The van der Waals surface area contributed by atoms with Crippen LogP contribution in [0.1, 0.15) is 11.3 Å². The van der Waals surface area contributed by atoms with Gasteiger partial charge in [-0.2, -0.15) is 0 Å². The Hall–Kier alpha value is -2.74. The third-order valence-corrected chi connectivity index (χ3v) is 4.75. The quantitative estimate of drug-likeness (QED) is 0.546. The summed E-state index contributed by atoms with van der Waals surface area (Å²) >= 11 is 1.51. The lowest BCUT2D eigenvalue weighted by Gasteiger charge is -2.16. The number of rotatable bonds is 3. The highest BCUT2D eigenvalue weighted by molar-refractivity contribution is 7.15. The van der Waals surface area contributed by atoms with E-state index in [0.717, 1.165) is 4.96 Å². The SMILES string of the molecule is O=C(Cc1cn2ccsc2n1)N1CCc2c1cccc2[N+](=O)[O-]. The van der Waals surface area contributed by atoms with Gasteiger partial charge in [0.25, 0.3) is 5.69 Å². The van der Waals surface area contributed by atoms with Gasteiger partial charge in [-0.3, -0.25) is 19.3 Å². The monoisotopic (exact) mass is 328 g/mol. The van der Waals surface area contributed by atoms with Crippen molar-refractivity contribution in [2.45, 2.75) is 12.8 Å². The average molecular weight is 328 g/mol. The van der Waals surface area contributed by atoms with Crippen molar-refractivity contribution in [3.63, 3.8) is 0 Å². The first-order chi connectivity index (χ1) is 11.1. The number of nitro benzene ring substituents is 1. The largest absolute Gasteiger partial charge is 0.311 e. The van der Waals surface area contributed by atoms with Gasteiger partial charge in [-0.15, -0.1) is 11.3 Å². The number of benzene rings is 1. The number of amides is 1. The Morgan fingerprint density at radius 1 is 1.43 bits per heavy atom. The predicted molar refractivity (Wildman–Crippen MR) is 85.9 cm³/mol. The molecular formula is C15H12N4O3S. The van der Waals surface area contributed by atoms with Crippen LogP contribution in [-0.2, 0) is 17.6 Å². The predicted octanol–water partition coefficient (Wildman–Crippen LogP) is 2.44. The van der Waals surface area contributed by atoms with Crippen molar-refractivity contribution in [2.75, 3.05) is 11.4 Å². The van der Waals surface area contributed by atoms with E-state index in [9.17, 15) is 14.9 Å². The molecule has 1 aliphatic heterocycles. The topological polar surface area (TPSA) is 80.8 Å². The normalized spacial score (nSPS) is 13.5. The molecule has 0 radical (unpaired) electrons. The second-order valence-corrected chi connectivity index (χ2v) is 6.20. The van der Waals surface area contributed by atoms with Crippen LogP contribution >= 0.6 is 11.3 Å². The molecule has 0 N–H and O–H groups in total. The molecule has 116 valence electrons. The van der Waals surface area contributed by atoms with E-state index in [-0.39, 0.29) is 18.0 Å². The highest BCUT2D eigenvalue weighted by Gasteiger charge is 2.30. The van der Waals surface area contributed by atoms with Gasteiger partial charge >= 0.3 is 0 Å². The fourth-order valence-electron chi connectivity index (χ4n) is 2.96. The highest BCUT2D eigenvalue weighted by Crippen LogP contribution is 2.35. The fourth-order valence-corrected chi connectivity index (χ4v) is 3.68. The number of hydrogen-bond donors (Lipinski definition) is 0. The van der Waals surface area contributed by atoms with Crippen molar-refractivity contribution >= 4 is 33.6 Å². The maximum atomic E-state index is 12.6. The number of thiazole rings is 1. The van der Waals surface area contributed by atoms with Crippen LogP contribution in [0, 0.1) is 10.1 Å². The van der Waals surface area contributed by atoms with Gasteiger partial charge in [0.15, 0.2) is 4.96 Å². The van der Waals surface area contributed by atoms with Gasteiger partial charge in [0.05, 0.1) is 28.3 Å². The number of fused-ring (bicyclic) bond motifs is 2. The minimum Gasteiger partial charge on any atom is -0.311 e. The molecule has 0 unspecified atom stereocenters. The van der Waals surface area contributed by atoms with Gasteiger partial charge in [-0.25, -0.2) is 4.98 Å². The number of carbonyl (C=O) groups excluding carboxylic acids is 1. The Morgan fingerprint density at radius 2 is 2.30 bits per heavy atom. The minimum atomic E-state index is -0.393. The smallest absolute Gasteiger partial charge is 0.274 e. The molecule has 0 spiro atoms. The van der Waals surface area contributed by atoms with E-state index in [1.54, 1.807) is 17.0 Å². The van der Waals surface area contributed by atoms with Crippen LogP contribution in [-0.4, -0.2) is 26.8 Å². The standard InChI is InChI=1S/C15H12N4O3S/c20-14(8-10-9-17-6-7-23-15(17)16-10)18-5-4-11-12(18)2-1-3-13(11)19(21)22/h1-3,6-7,9H,4-5,8H2. The zero-order valence-electron chi connectivity index (χ0n) is 12.0. The minimum absolute atomic E-state index is 0.0836. The Bertz CT molecular complexity index is 901. The summed E-state index contributed by atoms with van der Waals surface area (Å²) in [7, 11) is 0. The summed E-state index contributed by atoms with van der Waals surface area (Å²) in [6.07, 6.45) is 4.44. The van der Waals surface area contributed by atoms with Gasteiger partial charge in [-0.1, -0.05) is 6.07 Å². The third kappa shape index (κ3) is 2.27. The van der Waals surface area contributed by atoms with Crippen LogP contribution < -0.4 is 4.90 Å². The number of imidazole rings is 1. The second-order valence-electron chi connectivity index (χ2n) is 5.33. The Labute approximate surface area is 134 Å². The molecule has 3 aromatic rings. The summed E-state index contributed by atoms with van der Waals surface area (Å²) in [6, 6.07) is 4.87. The van der Waals surface area contributed by atoms with Crippen molar-refractivity contribution in [1.29, 1.82) is 0 Å². The highest BCUT2D eigenvalue weighted by atomic mass is 32.1. The van der Waals surface area contributed by atoms with Gasteiger partial charge in [0.2, 0.25) is 5.91 Å². The van der Waals surface area contributed by atoms with Crippen LogP contribution in [0.15, 0.2) is 36.0 Å². The summed E-state index contributed by atoms with van der Waals surface area (Å²) in [5.74, 6) is -0.0880. The molecule has 0 saturated carbocycles. The van der Waals surface area contributed by atoms with E-state index < -0.39 is 4.92 Å². The molecular weight excluding hydrogens is 316 g/mol. The third-order valence-electron chi connectivity index (χ3n) is 3.98. The van der Waals surface area contributed by atoms with Crippen LogP contribution in [0.5, 0.6) is 0 Å². The second kappa shape index (κ2) is 5.17. The maximum Gasteiger partial charge on any atom is 0.274 e. The molecule has 2 aromatic heterocycles. The molecule has 3 heterocycles. The van der Waals surface area contributed by atoms with E-state index >= 15 is 0 Å². The Kier molecular flexibility index (Phi) is 3.12. The summed E-state index contributed by atoms with van der Waals surface area (Å²) < 4.78 is 1.88. The molecule has 1 aliphatic rings. The number of carbonyl (C=O) groups is 1. The van der Waals surface area contributed by atoms with E-state index in [1.165, 1.54) is 17.4 Å². The Morgan fingerprint density at radius 3 is 3.09 bits per heavy atom. The maximum absolute atomic E-state index is 12.6. The lowest BCUT2D eigenvalue weighted by molar-refractivity contribution is -0.385. The first kappa shape index (κ1) is 13.9. The molecule has 4 rings (SSSR count). The number of hydrogen-bond acceptors (Lipinski definition) is 5. The van der Waals surface area contributed by atoms with Crippen LogP contribution in [0.4, 0.5) is 11.4 Å². The summed E-state index contributed by atoms with van der Waals surface area (Å²) in [5.41, 5.74) is 2.07. The van der Waals surface area contributed by atoms with E-state index in [4.69, 9.17) is 0 Å². The molecule has 23 heavy (non-hydrogen) atoms. The lowest BCUT2D eigenvalue weighted by atomic mass is 10.1. The number of anilines is 1. The average Bonchev–Trinajstić information content (AvgIpc) is 3.19. The first-order valence-electron chi connectivity index (χ1n) is 7.11. The molecule has 0 saturated heterocycles. The van der Waals surface area contributed by atoms with E-state index in [1.807, 2.05) is 22.2 Å². The van der Waals surface area contributed by atoms with E-state index in [0.29, 0.717) is 29.9 Å². The molecule has 8 heteroatoms. The van der Waals surface area contributed by atoms with Crippen LogP contribution in [0.25, 0.3) is 4.96 Å². The van der Waals surface area contributed by atoms with Gasteiger partial charge in [0.1, 0.15) is 0 Å². The van der Waals surface area contributed by atoms with Crippen LogP contribution in [0.3, 0.4) is 0 Å². The van der Waals surface area contributed by atoms with Gasteiger partial charge < -0.3 is 4.90 Å². The van der Waals surface area contributed by atoms with Crippen LogP contribution in [0.2, 0.25) is 0 Å². The van der Waals surface area contributed by atoms with Gasteiger partial charge in [-0.05, 0) is 12.5 Å². The lowest BCUT2D eigenvalue weighted by Crippen LogP contribution is -2.30. The number of nitro groups is 1. The molecule has 0 atom stereocenters. The van der Waals surface area contributed by atoms with Crippen molar-refractivity contribution in [3.05, 3.63) is 57.3 Å². The van der Waals surface area contributed by atoms with Crippen molar-refractivity contribution in [1.82, 2.24) is 9.38 Å². The summed E-state index contributed by atoms with van der Waals surface area (Å²) in [5, 5.41) is 13.0. The molecule has 0 fully saturated rings. The number of nitrogens with zero attached hydrogens (tertiary/aromatic N) is 4. The van der Waals surface area contributed by atoms with Gasteiger partial charge in [0, 0.05) is 30.4 Å². The molecule has 0 aliphatic carbocycles. The zero-order valence-corrected chi connectivity index (χ0v) is 12.8. The molecule has 7 nitrogen and oxygen atoms in total. The Balaban J connectivity index is 1.60. The first-order valence-corrected chi connectivity index (χ1v) is 7.99. The molecule has 1 aromatic carbocycles. The summed E-state index contributed by atoms with van der Waals surface area (Å²) in [6.45, 7) is 0.473. The van der Waals surface area contributed by atoms with E-state index in [2.05, 4.69) is 4.98 Å². The zero-order chi connectivity index (χ0) is 16.0. The van der Waals surface area contributed by atoms with Crippen molar-refractivity contribution in [2.24, 2.45) is 0 Å².